The van der Waals surface area contributed by atoms with Crippen molar-refractivity contribution in [3.8, 4) is 5.75 Å². The smallest absolute Gasteiger partial charge is 0.243 e. The van der Waals surface area contributed by atoms with Gasteiger partial charge in [0, 0.05) is 25.9 Å². The summed E-state index contributed by atoms with van der Waals surface area (Å²) in [6.07, 6.45) is 3.26. The molecule has 37 heavy (non-hydrogen) atoms. The second-order valence-corrected chi connectivity index (χ2v) is 9.56. The van der Waals surface area contributed by atoms with E-state index in [0.717, 1.165) is 35.3 Å². The molecule has 196 valence electrons. The number of carbonyl (C=O) groups excluding carboxylic acids is 2. The Kier molecular flexibility index (Phi) is 11.2. The highest BCUT2D eigenvalue weighted by atomic mass is 16.5. The molecule has 2 amide bonds. The Hall–Kier alpha value is -3.60. The molecule has 5 nitrogen and oxygen atoms in total. The standard InChI is InChI=1S/C32H40N2O3/c1-4-5-21-33-32(36)30(23-27-13-7-6-8-14-27)34(24-28-15-10-9-12-26(28)3)31(35)16-11-22-37-29-19-17-25(2)18-20-29/h6-10,12-15,17-20,30H,4-5,11,16,21-24H2,1-3H3,(H,33,36)/t30-/m0/s1. The molecule has 0 saturated carbocycles. The zero-order valence-electron chi connectivity index (χ0n) is 22.4. The minimum absolute atomic E-state index is 0.0395. The molecular formula is C32H40N2O3. The first-order valence-corrected chi connectivity index (χ1v) is 13.3. The molecule has 0 fully saturated rings. The lowest BCUT2D eigenvalue weighted by Crippen LogP contribution is -2.50. The second kappa shape index (κ2) is 14.8. The molecular weight excluding hydrogens is 460 g/mol. The lowest BCUT2D eigenvalue weighted by Gasteiger charge is -2.32. The molecule has 5 heteroatoms. The minimum Gasteiger partial charge on any atom is -0.494 e. The van der Waals surface area contributed by atoms with Crippen LogP contribution in [0.25, 0.3) is 0 Å². The fourth-order valence-electron chi connectivity index (χ4n) is 4.22. The quantitative estimate of drug-likeness (QED) is 0.275. The summed E-state index contributed by atoms with van der Waals surface area (Å²) in [4.78, 5) is 28.9. The molecule has 3 rings (SSSR count). The average Bonchev–Trinajstić information content (AvgIpc) is 2.91. The van der Waals surface area contributed by atoms with Crippen LogP contribution in [0.2, 0.25) is 0 Å². The molecule has 0 aromatic heterocycles. The molecule has 0 saturated heterocycles. The van der Waals surface area contributed by atoms with Crippen molar-refractivity contribution in [2.75, 3.05) is 13.2 Å². The Morgan fingerprint density at radius 1 is 0.892 bits per heavy atom. The zero-order chi connectivity index (χ0) is 26.5. The first-order chi connectivity index (χ1) is 18.0. The first kappa shape index (κ1) is 28.0. The van der Waals surface area contributed by atoms with Gasteiger partial charge in [-0.3, -0.25) is 9.59 Å². The van der Waals surface area contributed by atoms with Gasteiger partial charge in [-0.15, -0.1) is 0 Å². The molecule has 3 aromatic rings. The zero-order valence-corrected chi connectivity index (χ0v) is 22.4. The molecule has 1 N–H and O–H groups in total. The third-order valence-corrected chi connectivity index (χ3v) is 6.53. The van der Waals surface area contributed by atoms with E-state index < -0.39 is 6.04 Å². The highest BCUT2D eigenvalue weighted by Gasteiger charge is 2.30. The summed E-state index contributed by atoms with van der Waals surface area (Å²) in [5.74, 6) is 0.657. The van der Waals surface area contributed by atoms with Gasteiger partial charge in [-0.2, -0.15) is 0 Å². The molecule has 0 bridgehead atoms. The number of unbranched alkanes of at least 4 members (excludes halogenated alkanes) is 1. The number of rotatable bonds is 14. The number of ether oxygens (including phenoxy) is 1. The monoisotopic (exact) mass is 500 g/mol. The lowest BCUT2D eigenvalue weighted by molar-refractivity contribution is -0.141. The van der Waals surface area contributed by atoms with Crippen molar-refractivity contribution >= 4 is 11.8 Å². The van der Waals surface area contributed by atoms with Crippen molar-refractivity contribution in [2.24, 2.45) is 0 Å². The third kappa shape index (κ3) is 9.09. The van der Waals surface area contributed by atoms with E-state index in [1.807, 2.05) is 92.7 Å². The van der Waals surface area contributed by atoms with Crippen LogP contribution in [-0.4, -0.2) is 35.9 Å². The van der Waals surface area contributed by atoms with Gasteiger partial charge in [-0.1, -0.05) is 85.6 Å². The van der Waals surface area contributed by atoms with E-state index in [1.165, 1.54) is 5.56 Å². The fraction of sp³-hybridized carbons (Fsp3) is 0.375. The number of nitrogens with zero attached hydrogens (tertiary/aromatic N) is 1. The minimum atomic E-state index is -0.593. The van der Waals surface area contributed by atoms with Crippen LogP contribution in [0, 0.1) is 13.8 Å². The van der Waals surface area contributed by atoms with Crippen molar-refractivity contribution in [3.63, 3.8) is 0 Å². The summed E-state index contributed by atoms with van der Waals surface area (Å²) in [7, 11) is 0. The van der Waals surface area contributed by atoms with Crippen molar-refractivity contribution < 1.29 is 14.3 Å². The van der Waals surface area contributed by atoms with Crippen LogP contribution >= 0.6 is 0 Å². The van der Waals surface area contributed by atoms with E-state index in [4.69, 9.17) is 4.74 Å². The van der Waals surface area contributed by atoms with Gasteiger partial charge in [0.05, 0.1) is 6.61 Å². The Balaban J connectivity index is 1.78. The van der Waals surface area contributed by atoms with Gasteiger partial charge in [-0.05, 0) is 55.5 Å². The maximum Gasteiger partial charge on any atom is 0.243 e. The maximum atomic E-state index is 13.7. The third-order valence-electron chi connectivity index (χ3n) is 6.53. The number of carbonyl (C=O) groups is 2. The van der Waals surface area contributed by atoms with Gasteiger partial charge in [0.2, 0.25) is 11.8 Å². The molecule has 0 radical (unpaired) electrons. The molecule has 0 aliphatic rings. The summed E-state index contributed by atoms with van der Waals surface area (Å²) in [6.45, 7) is 7.62. The van der Waals surface area contributed by atoms with Crippen molar-refractivity contribution in [1.82, 2.24) is 10.2 Å². The number of nitrogens with one attached hydrogen (secondary N) is 1. The maximum absolute atomic E-state index is 13.7. The molecule has 1 atom stereocenters. The summed E-state index contributed by atoms with van der Waals surface area (Å²) in [5, 5.41) is 3.08. The Morgan fingerprint density at radius 3 is 2.30 bits per heavy atom. The van der Waals surface area contributed by atoms with Gasteiger partial charge in [0.1, 0.15) is 11.8 Å². The first-order valence-electron chi connectivity index (χ1n) is 13.3. The van der Waals surface area contributed by atoms with Crippen molar-refractivity contribution in [1.29, 1.82) is 0 Å². The van der Waals surface area contributed by atoms with Crippen molar-refractivity contribution in [3.05, 3.63) is 101 Å². The van der Waals surface area contributed by atoms with E-state index in [2.05, 4.69) is 12.2 Å². The van der Waals surface area contributed by atoms with Crippen LogP contribution in [0.5, 0.6) is 5.75 Å². The molecule has 0 aliphatic heterocycles. The number of amides is 2. The predicted molar refractivity (Wildman–Crippen MR) is 149 cm³/mol. The Bertz CT molecular complexity index is 1110. The van der Waals surface area contributed by atoms with Crippen LogP contribution in [0.1, 0.15) is 54.9 Å². The van der Waals surface area contributed by atoms with Crippen LogP contribution in [0.4, 0.5) is 0 Å². The van der Waals surface area contributed by atoms with Crippen molar-refractivity contribution in [2.45, 2.75) is 65.5 Å². The van der Waals surface area contributed by atoms with Crippen LogP contribution in [0.15, 0.2) is 78.9 Å². The normalized spacial score (nSPS) is 11.5. The predicted octanol–water partition coefficient (Wildman–Crippen LogP) is 6.02. The van der Waals surface area contributed by atoms with E-state index in [0.29, 0.717) is 39.0 Å². The molecule has 0 spiro atoms. The number of hydrogen-bond acceptors (Lipinski definition) is 3. The SMILES string of the molecule is CCCCNC(=O)[C@H](Cc1ccccc1)N(Cc1ccccc1C)C(=O)CCCOc1ccc(C)cc1. The fourth-order valence-corrected chi connectivity index (χ4v) is 4.22. The number of benzene rings is 3. The van der Waals surface area contributed by atoms with E-state index in [1.54, 1.807) is 4.90 Å². The second-order valence-electron chi connectivity index (χ2n) is 9.56. The lowest BCUT2D eigenvalue weighted by atomic mass is 10.0. The van der Waals surface area contributed by atoms with Gasteiger partial charge < -0.3 is 15.0 Å². The van der Waals surface area contributed by atoms with Crippen LogP contribution in [-0.2, 0) is 22.6 Å². The van der Waals surface area contributed by atoms with E-state index in [9.17, 15) is 9.59 Å². The molecule has 0 heterocycles. The highest BCUT2D eigenvalue weighted by molar-refractivity contribution is 5.88. The Morgan fingerprint density at radius 2 is 1.59 bits per heavy atom. The largest absolute Gasteiger partial charge is 0.494 e. The molecule has 3 aromatic carbocycles. The number of aryl methyl sites for hydroxylation is 2. The highest BCUT2D eigenvalue weighted by Crippen LogP contribution is 2.19. The van der Waals surface area contributed by atoms with Crippen LogP contribution < -0.4 is 10.1 Å². The Labute approximate surface area is 221 Å². The average molecular weight is 501 g/mol. The molecule has 0 aliphatic carbocycles. The van der Waals surface area contributed by atoms with E-state index in [-0.39, 0.29) is 11.8 Å². The van der Waals surface area contributed by atoms with Gasteiger partial charge in [0.25, 0.3) is 0 Å². The summed E-state index contributed by atoms with van der Waals surface area (Å²) < 4.78 is 5.85. The molecule has 0 unspecified atom stereocenters. The number of hydrogen-bond donors (Lipinski definition) is 1. The van der Waals surface area contributed by atoms with Gasteiger partial charge >= 0.3 is 0 Å². The summed E-state index contributed by atoms with van der Waals surface area (Å²) in [6, 6.07) is 25.3. The van der Waals surface area contributed by atoms with Crippen LogP contribution in [0.3, 0.4) is 0 Å². The summed E-state index contributed by atoms with van der Waals surface area (Å²) >= 11 is 0. The van der Waals surface area contributed by atoms with Gasteiger partial charge in [-0.25, -0.2) is 0 Å². The van der Waals surface area contributed by atoms with Gasteiger partial charge in [0.15, 0.2) is 0 Å². The topological polar surface area (TPSA) is 58.6 Å². The van der Waals surface area contributed by atoms with E-state index >= 15 is 0 Å². The summed E-state index contributed by atoms with van der Waals surface area (Å²) in [5.41, 5.74) is 4.36.